The number of nitrogens with one attached hydrogen (secondary N) is 2. The van der Waals surface area contributed by atoms with Gasteiger partial charge in [0.25, 0.3) is 5.91 Å². The van der Waals surface area contributed by atoms with Crippen molar-refractivity contribution in [1.82, 2.24) is 15.6 Å². The molecule has 1 amide bonds. The number of aromatic nitrogens is 1. The molecule has 23 heavy (non-hydrogen) atoms. The second kappa shape index (κ2) is 9.23. The second-order valence-corrected chi connectivity index (χ2v) is 6.48. The van der Waals surface area contributed by atoms with Crippen LogP contribution in [-0.4, -0.2) is 30.0 Å². The Morgan fingerprint density at radius 2 is 2.04 bits per heavy atom. The van der Waals surface area contributed by atoms with Crippen LogP contribution < -0.4 is 10.6 Å². The number of halogens is 2. The fourth-order valence-corrected chi connectivity index (χ4v) is 3.34. The lowest BCUT2D eigenvalue weighted by atomic mass is 9.95. The van der Waals surface area contributed by atoms with Crippen LogP contribution in [0.1, 0.15) is 23.0 Å². The van der Waals surface area contributed by atoms with Gasteiger partial charge in [-0.3, -0.25) is 4.79 Å². The highest BCUT2D eigenvalue weighted by molar-refractivity contribution is 7.16. The van der Waals surface area contributed by atoms with E-state index in [2.05, 4.69) is 22.5 Å². The normalized spacial score (nSPS) is 20.0. The molecule has 0 saturated carbocycles. The van der Waals surface area contributed by atoms with E-state index in [9.17, 15) is 4.79 Å². The Morgan fingerprint density at radius 1 is 1.30 bits per heavy atom. The Morgan fingerprint density at radius 3 is 2.74 bits per heavy atom. The van der Waals surface area contributed by atoms with Gasteiger partial charge in [-0.25, -0.2) is 4.98 Å². The van der Waals surface area contributed by atoms with E-state index < -0.39 is 0 Å². The highest BCUT2D eigenvalue weighted by atomic mass is 35.5. The maximum absolute atomic E-state index is 12.3. The molecule has 1 aliphatic heterocycles. The van der Waals surface area contributed by atoms with Crippen LogP contribution in [0.3, 0.4) is 0 Å². The third kappa shape index (κ3) is 4.91. The van der Waals surface area contributed by atoms with Crippen LogP contribution in [0, 0.1) is 5.92 Å². The lowest BCUT2D eigenvalue weighted by Crippen LogP contribution is -2.50. The maximum Gasteiger partial charge on any atom is 0.263 e. The van der Waals surface area contributed by atoms with Gasteiger partial charge in [-0.15, -0.1) is 36.2 Å². The van der Waals surface area contributed by atoms with Crippen LogP contribution in [0.5, 0.6) is 0 Å². The van der Waals surface area contributed by atoms with Crippen molar-refractivity contribution in [3.63, 3.8) is 0 Å². The van der Waals surface area contributed by atoms with Crippen LogP contribution in [0.2, 0.25) is 0 Å². The molecule has 4 nitrogen and oxygen atoms in total. The van der Waals surface area contributed by atoms with Crippen molar-refractivity contribution in [2.75, 3.05) is 13.1 Å². The van der Waals surface area contributed by atoms with Crippen molar-refractivity contribution in [1.29, 1.82) is 0 Å². The summed E-state index contributed by atoms with van der Waals surface area (Å²) in [6.07, 6.45) is 2.77. The van der Waals surface area contributed by atoms with Gasteiger partial charge < -0.3 is 10.6 Å². The van der Waals surface area contributed by atoms with Crippen LogP contribution in [0.15, 0.2) is 36.5 Å². The van der Waals surface area contributed by atoms with Gasteiger partial charge in [0.1, 0.15) is 9.88 Å². The number of amides is 1. The van der Waals surface area contributed by atoms with Crippen LogP contribution in [0.4, 0.5) is 0 Å². The Kier molecular flexibility index (Phi) is 7.99. The van der Waals surface area contributed by atoms with Crippen molar-refractivity contribution in [3.8, 4) is 10.6 Å². The lowest BCUT2D eigenvalue weighted by molar-refractivity contribution is 0.0919. The molecule has 2 unspecified atom stereocenters. The molecule has 1 aromatic heterocycles. The number of rotatable bonds is 3. The van der Waals surface area contributed by atoms with Crippen molar-refractivity contribution < 1.29 is 4.79 Å². The SMILES string of the molecule is CC1CCNCC1NC(=O)c1cnc(-c2ccccc2)s1.Cl.Cl. The van der Waals surface area contributed by atoms with Gasteiger partial charge in [-0.1, -0.05) is 37.3 Å². The molecule has 126 valence electrons. The van der Waals surface area contributed by atoms with E-state index in [-0.39, 0.29) is 36.8 Å². The molecule has 7 heteroatoms. The van der Waals surface area contributed by atoms with Crippen molar-refractivity contribution >= 4 is 42.1 Å². The fraction of sp³-hybridized carbons (Fsp3) is 0.375. The maximum atomic E-state index is 12.3. The van der Waals surface area contributed by atoms with E-state index in [1.807, 2.05) is 30.3 Å². The number of benzene rings is 1. The number of carbonyl (C=O) groups excluding carboxylic acids is 1. The summed E-state index contributed by atoms with van der Waals surface area (Å²) < 4.78 is 0. The number of nitrogens with zero attached hydrogens (tertiary/aromatic N) is 1. The highest BCUT2D eigenvalue weighted by Gasteiger charge is 2.23. The Hall–Kier alpha value is -1.14. The number of carbonyl (C=O) groups is 1. The minimum Gasteiger partial charge on any atom is -0.347 e. The lowest BCUT2D eigenvalue weighted by Gasteiger charge is -2.29. The minimum absolute atomic E-state index is 0. The summed E-state index contributed by atoms with van der Waals surface area (Å²) >= 11 is 1.44. The summed E-state index contributed by atoms with van der Waals surface area (Å²) in [6, 6.07) is 10.1. The fourth-order valence-electron chi connectivity index (χ4n) is 2.52. The van der Waals surface area contributed by atoms with E-state index >= 15 is 0 Å². The van der Waals surface area contributed by atoms with Gasteiger partial charge in [0.15, 0.2) is 0 Å². The second-order valence-electron chi connectivity index (χ2n) is 5.45. The van der Waals surface area contributed by atoms with E-state index in [1.54, 1.807) is 6.20 Å². The topological polar surface area (TPSA) is 54.0 Å². The zero-order chi connectivity index (χ0) is 14.7. The summed E-state index contributed by atoms with van der Waals surface area (Å²) in [7, 11) is 0. The quantitative estimate of drug-likeness (QED) is 0.866. The molecule has 1 saturated heterocycles. The molecule has 0 bridgehead atoms. The molecule has 1 aliphatic rings. The van der Waals surface area contributed by atoms with Gasteiger partial charge in [0.2, 0.25) is 0 Å². The van der Waals surface area contributed by atoms with E-state index in [4.69, 9.17) is 0 Å². The third-order valence-electron chi connectivity index (χ3n) is 3.89. The molecular formula is C16H21Cl2N3OS. The van der Waals surface area contributed by atoms with E-state index in [1.165, 1.54) is 11.3 Å². The summed E-state index contributed by atoms with van der Waals surface area (Å²) in [5, 5.41) is 7.33. The number of piperidine rings is 1. The van der Waals surface area contributed by atoms with Gasteiger partial charge in [0.05, 0.1) is 6.20 Å². The summed E-state index contributed by atoms with van der Waals surface area (Å²) in [4.78, 5) is 17.4. The zero-order valence-electron chi connectivity index (χ0n) is 12.8. The number of hydrogen-bond acceptors (Lipinski definition) is 4. The average molecular weight is 374 g/mol. The molecule has 1 fully saturated rings. The standard InChI is InChI=1S/C16H19N3OS.2ClH/c1-11-7-8-17-9-13(11)19-15(20)14-10-18-16(21-14)12-5-3-2-4-6-12;;/h2-6,10-11,13,17H,7-9H2,1H3,(H,19,20);2*1H. The summed E-state index contributed by atoms with van der Waals surface area (Å²) in [5.74, 6) is 0.493. The first-order valence-corrected chi connectivity index (χ1v) is 8.08. The van der Waals surface area contributed by atoms with E-state index in [0.717, 1.165) is 30.1 Å². The first-order chi connectivity index (χ1) is 10.2. The average Bonchev–Trinajstić information content (AvgIpc) is 3.00. The zero-order valence-corrected chi connectivity index (χ0v) is 15.3. The van der Waals surface area contributed by atoms with Crippen LogP contribution >= 0.6 is 36.2 Å². The Balaban J connectivity index is 0.00000132. The van der Waals surface area contributed by atoms with E-state index in [0.29, 0.717) is 10.8 Å². The largest absolute Gasteiger partial charge is 0.347 e. The third-order valence-corrected chi connectivity index (χ3v) is 4.94. The molecule has 0 spiro atoms. The highest BCUT2D eigenvalue weighted by Crippen LogP contribution is 2.25. The van der Waals surface area contributed by atoms with Crippen molar-refractivity contribution in [2.45, 2.75) is 19.4 Å². The van der Waals surface area contributed by atoms with Crippen LogP contribution in [-0.2, 0) is 0 Å². The number of thiazole rings is 1. The molecule has 2 heterocycles. The predicted molar refractivity (Wildman–Crippen MR) is 100.0 cm³/mol. The Bertz CT molecular complexity index is 621. The molecule has 2 aromatic rings. The molecule has 0 aliphatic carbocycles. The molecule has 2 atom stereocenters. The smallest absolute Gasteiger partial charge is 0.263 e. The first kappa shape index (κ1) is 19.9. The minimum atomic E-state index is -0.0183. The van der Waals surface area contributed by atoms with Crippen molar-refractivity contribution in [3.05, 3.63) is 41.4 Å². The summed E-state index contributed by atoms with van der Waals surface area (Å²) in [5.41, 5.74) is 1.05. The van der Waals surface area contributed by atoms with Crippen LogP contribution in [0.25, 0.3) is 10.6 Å². The molecule has 2 N–H and O–H groups in total. The van der Waals surface area contributed by atoms with Gasteiger partial charge in [-0.05, 0) is 18.9 Å². The molecule has 3 rings (SSSR count). The number of hydrogen-bond donors (Lipinski definition) is 2. The van der Waals surface area contributed by atoms with Gasteiger partial charge >= 0.3 is 0 Å². The van der Waals surface area contributed by atoms with Gasteiger partial charge in [0, 0.05) is 18.2 Å². The first-order valence-electron chi connectivity index (χ1n) is 7.27. The molecular weight excluding hydrogens is 353 g/mol. The Labute approximate surface area is 152 Å². The van der Waals surface area contributed by atoms with Crippen molar-refractivity contribution in [2.24, 2.45) is 5.92 Å². The predicted octanol–water partition coefficient (Wildman–Crippen LogP) is 3.38. The molecule has 1 aromatic carbocycles. The molecule has 0 radical (unpaired) electrons. The monoisotopic (exact) mass is 373 g/mol. The summed E-state index contributed by atoms with van der Waals surface area (Å²) in [6.45, 7) is 4.07. The van der Waals surface area contributed by atoms with Gasteiger partial charge in [-0.2, -0.15) is 0 Å².